The quantitative estimate of drug-likeness (QED) is 0.862. The Morgan fingerprint density at radius 3 is 2.91 bits per heavy atom. The molecular formula is C14H18FN5O3. The van der Waals surface area contributed by atoms with Crippen LogP contribution in [0.5, 0.6) is 5.88 Å². The van der Waals surface area contributed by atoms with E-state index in [-0.39, 0.29) is 25.1 Å². The lowest BCUT2D eigenvalue weighted by Gasteiger charge is -2.25. The molecule has 23 heavy (non-hydrogen) atoms. The molecule has 2 aromatic heterocycles. The molecule has 3 atom stereocenters. The van der Waals surface area contributed by atoms with Crippen LogP contribution in [0.2, 0.25) is 0 Å². The van der Waals surface area contributed by atoms with E-state index in [0.29, 0.717) is 17.0 Å². The van der Waals surface area contributed by atoms with Crippen molar-refractivity contribution in [2.24, 2.45) is 0 Å². The Balaban J connectivity index is 1.68. The van der Waals surface area contributed by atoms with Crippen LogP contribution in [0.4, 0.5) is 10.3 Å². The van der Waals surface area contributed by atoms with E-state index in [1.807, 2.05) is 0 Å². The maximum absolute atomic E-state index is 13.8. The van der Waals surface area contributed by atoms with Crippen LogP contribution in [0.3, 0.4) is 0 Å². The Labute approximate surface area is 131 Å². The fraction of sp³-hybridized carbons (Fsp3) is 0.643. The van der Waals surface area contributed by atoms with Gasteiger partial charge in [-0.15, -0.1) is 0 Å². The van der Waals surface area contributed by atoms with Crippen LogP contribution in [0, 0.1) is 0 Å². The van der Waals surface area contributed by atoms with Gasteiger partial charge in [0.25, 0.3) is 0 Å². The van der Waals surface area contributed by atoms with E-state index in [4.69, 9.17) is 20.3 Å². The molecule has 8 nitrogen and oxygen atoms in total. The van der Waals surface area contributed by atoms with Gasteiger partial charge in [-0.3, -0.25) is 4.57 Å². The Kier molecular flexibility index (Phi) is 3.53. The fourth-order valence-electron chi connectivity index (χ4n) is 2.87. The maximum Gasteiger partial charge on any atom is 0.247 e. The number of hydrogen-bond acceptors (Lipinski definition) is 7. The van der Waals surface area contributed by atoms with Gasteiger partial charge in [0.05, 0.1) is 12.9 Å². The van der Waals surface area contributed by atoms with Crippen LogP contribution < -0.4 is 10.5 Å². The third-order valence-electron chi connectivity index (χ3n) is 4.39. The topological polar surface area (TPSA) is 108 Å². The summed E-state index contributed by atoms with van der Waals surface area (Å²) in [5, 5.41) is 9.13. The molecule has 1 saturated carbocycles. The summed E-state index contributed by atoms with van der Waals surface area (Å²) < 4.78 is 26.8. The summed E-state index contributed by atoms with van der Waals surface area (Å²) >= 11 is 0. The highest BCUT2D eigenvalue weighted by molar-refractivity contribution is 5.77. The Bertz CT molecular complexity index is 720. The van der Waals surface area contributed by atoms with Crippen LogP contribution in [-0.2, 0) is 4.74 Å². The van der Waals surface area contributed by atoms with E-state index in [9.17, 15) is 4.39 Å². The van der Waals surface area contributed by atoms with Crippen LogP contribution in [-0.4, -0.2) is 49.6 Å². The third kappa shape index (κ3) is 2.49. The first-order valence-corrected chi connectivity index (χ1v) is 7.73. The first-order chi connectivity index (χ1) is 11.2. The van der Waals surface area contributed by atoms with E-state index in [1.54, 1.807) is 4.57 Å². The summed E-state index contributed by atoms with van der Waals surface area (Å²) in [7, 11) is 0. The summed E-state index contributed by atoms with van der Waals surface area (Å²) in [5.41, 5.74) is 6.70. The van der Waals surface area contributed by atoms with Crippen LogP contribution in [0.15, 0.2) is 6.33 Å². The number of aromatic nitrogens is 4. The van der Waals surface area contributed by atoms with Gasteiger partial charge in [0.2, 0.25) is 11.8 Å². The molecule has 1 aliphatic carbocycles. The Morgan fingerprint density at radius 1 is 1.43 bits per heavy atom. The zero-order chi connectivity index (χ0) is 16.0. The highest BCUT2D eigenvalue weighted by Crippen LogP contribution is 2.34. The number of hydrogen-bond donors (Lipinski definition) is 2. The smallest absolute Gasteiger partial charge is 0.247 e. The lowest BCUT2D eigenvalue weighted by atomic mass is 9.96. The van der Waals surface area contributed by atoms with Crippen molar-refractivity contribution in [2.45, 2.75) is 50.3 Å². The van der Waals surface area contributed by atoms with Crippen molar-refractivity contribution in [1.82, 2.24) is 19.5 Å². The number of fused-ring (bicyclic) bond motifs is 1. The van der Waals surface area contributed by atoms with Crippen LogP contribution in [0.1, 0.15) is 31.9 Å². The number of nitrogen functional groups attached to an aromatic ring is 1. The predicted octanol–water partition coefficient (Wildman–Crippen LogP) is 0.958. The number of halogens is 1. The standard InChI is InChI=1S/C14H18FN5O3/c15-8-4-10(23-9(8)5-21)20-6-17-11-12(20)18-14(16)19-13(11)22-7-2-1-3-7/h6-10,21H,1-5H2,(H2,16,18,19)/t8-,9+,10+/m0/s1. The van der Waals surface area contributed by atoms with Crippen molar-refractivity contribution < 1.29 is 19.0 Å². The summed E-state index contributed by atoms with van der Waals surface area (Å²) in [6, 6.07) is 0. The zero-order valence-corrected chi connectivity index (χ0v) is 12.4. The first kappa shape index (κ1) is 14.6. The van der Waals surface area contributed by atoms with Crippen LogP contribution >= 0.6 is 0 Å². The monoisotopic (exact) mass is 323 g/mol. The molecule has 0 spiro atoms. The van der Waals surface area contributed by atoms with Gasteiger partial charge >= 0.3 is 0 Å². The number of nitrogens with zero attached hydrogens (tertiary/aromatic N) is 4. The highest BCUT2D eigenvalue weighted by atomic mass is 19.1. The van der Waals surface area contributed by atoms with Gasteiger partial charge in [-0.2, -0.15) is 9.97 Å². The maximum atomic E-state index is 13.8. The summed E-state index contributed by atoms with van der Waals surface area (Å²) in [5.74, 6) is 0.423. The SMILES string of the molecule is Nc1nc(OC2CCC2)c2ncn([C@H]3C[C@H](F)[C@@H](CO)O3)c2n1. The molecular weight excluding hydrogens is 305 g/mol. The minimum atomic E-state index is -1.23. The number of nitrogens with two attached hydrogens (primary N) is 1. The number of anilines is 1. The molecule has 1 aliphatic heterocycles. The molecule has 2 aliphatic rings. The number of rotatable bonds is 4. The lowest BCUT2D eigenvalue weighted by molar-refractivity contribution is -0.0323. The fourth-order valence-corrected chi connectivity index (χ4v) is 2.87. The van der Waals surface area contributed by atoms with E-state index in [2.05, 4.69) is 15.0 Å². The van der Waals surface area contributed by atoms with Gasteiger partial charge < -0.3 is 20.3 Å². The Morgan fingerprint density at radius 2 is 2.26 bits per heavy atom. The second-order valence-electron chi connectivity index (χ2n) is 5.95. The summed E-state index contributed by atoms with van der Waals surface area (Å²) in [6.45, 7) is -0.364. The zero-order valence-electron chi connectivity index (χ0n) is 12.4. The van der Waals surface area contributed by atoms with Gasteiger partial charge in [-0.05, 0) is 19.3 Å². The molecule has 2 fully saturated rings. The van der Waals surface area contributed by atoms with E-state index >= 15 is 0 Å². The molecule has 0 unspecified atom stereocenters. The van der Waals surface area contributed by atoms with Crippen molar-refractivity contribution in [1.29, 1.82) is 0 Å². The van der Waals surface area contributed by atoms with Crippen LogP contribution in [0.25, 0.3) is 11.2 Å². The molecule has 3 N–H and O–H groups in total. The number of imidazole rings is 1. The van der Waals surface area contributed by atoms with E-state index in [1.165, 1.54) is 6.33 Å². The van der Waals surface area contributed by atoms with Gasteiger partial charge in [0.1, 0.15) is 24.6 Å². The molecule has 9 heteroatoms. The predicted molar refractivity (Wildman–Crippen MR) is 78.5 cm³/mol. The second-order valence-corrected chi connectivity index (χ2v) is 5.95. The number of aliphatic hydroxyl groups is 1. The summed E-state index contributed by atoms with van der Waals surface area (Å²) in [6.07, 6.45) is 2.24. The largest absolute Gasteiger partial charge is 0.473 e. The van der Waals surface area contributed by atoms with Crippen molar-refractivity contribution in [3.63, 3.8) is 0 Å². The number of aliphatic hydroxyl groups excluding tert-OH is 1. The minimum Gasteiger partial charge on any atom is -0.473 e. The molecule has 1 saturated heterocycles. The molecule has 0 amide bonds. The average molecular weight is 323 g/mol. The third-order valence-corrected chi connectivity index (χ3v) is 4.39. The van der Waals surface area contributed by atoms with Gasteiger partial charge in [-0.25, -0.2) is 9.37 Å². The highest BCUT2D eigenvalue weighted by Gasteiger charge is 2.37. The average Bonchev–Trinajstić information content (AvgIpc) is 3.05. The number of ether oxygens (including phenoxy) is 2. The van der Waals surface area contributed by atoms with Crippen molar-refractivity contribution in [3.8, 4) is 5.88 Å². The molecule has 124 valence electrons. The van der Waals surface area contributed by atoms with Crippen molar-refractivity contribution in [3.05, 3.63) is 6.33 Å². The lowest BCUT2D eigenvalue weighted by Crippen LogP contribution is -2.25. The molecule has 4 rings (SSSR count). The van der Waals surface area contributed by atoms with E-state index < -0.39 is 18.5 Å². The van der Waals surface area contributed by atoms with Crippen molar-refractivity contribution in [2.75, 3.05) is 12.3 Å². The van der Waals surface area contributed by atoms with Gasteiger partial charge in [0.15, 0.2) is 11.2 Å². The molecule has 3 heterocycles. The summed E-state index contributed by atoms with van der Waals surface area (Å²) in [4.78, 5) is 12.6. The van der Waals surface area contributed by atoms with Gasteiger partial charge in [-0.1, -0.05) is 0 Å². The number of alkyl halides is 1. The molecule has 0 radical (unpaired) electrons. The normalized spacial score (nSPS) is 28.2. The molecule has 0 aromatic carbocycles. The second kappa shape index (κ2) is 5.57. The van der Waals surface area contributed by atoms with Crippen molar-refractivity contribution >= 4 is 17.1 Å². The minimum absolute atomic E-state index is 0.0714. The molecule has 0 bridgehead atoms. The first-order valence-electron chi connectivity index (χ1n) is 7.73. The Hall–Kier alpha value is -2.00. The molecule has 2 aromatic rings. The van der Waals surface area contributed by atoms with E-state index in [0.717, 1.165) is 19.3 Å². The van der Waals surface area contributed by atoms with Gasteiger partial charge in [0, 0.05) is 6.42 Å².